The Morgan fingerprint density at radius 2 is 2.00 bits per heavy atom. The van der Waals surface area contributed by atoms with Crippen molar-refractivity contribution in [1.82, 2.24) is 10.3 Å². The summed E-state index contributed by atoms with van der Waals surface area (Å²) < 4.78 is 0. The summed E-state index contributed by atoms with van der Waals surface area (Å²) >= 11 is 1.79. The van der Waals surface area contributed by atoms with Gasteiger partial charge in [-0.2, -0.15) is 0 Å². The van der Waals surface area contributed by atoms with E-state index in [4.69, 9.17) is 4.98 Å². The third kappa shape index (κ3) is 5.07. The average Bonchev–Trinajstić information content (AvgIpc) is 2.82. The lowest BCUT2D eigenvalue weighted by atomic mass is 9.69. The lowest BCUT2D eigenvalue weighted by Gasteiger charge is -2.38. The third-order valence-corrected chi connectivity index (χ3v) is 5.87. The molecule has 2 nitrogen and oxygen atoms in total. The fourth-order valence-corrected chi connectivity index (χ4v) is 4.27. The van der Waals surface area contributed by atoms with Crippen LogP contribution < -0.4 is 5.32 Å². The number of thiazole rings is 1. The van der Waals surface area contributed by atoms with E-state index in [1.165, 1.54) is 42.9 Å². The van der Waals surface area contributed by atoms with Crippen molar-refractivity contribution < 1.29 is 0 Å². The van der Waals surface area contributed by atoms with E-state index in [0.29, 0.717) is 6.04 Å². The Labute approximate surface area is 134 Å². The zero-order chi connectivity index (χ0) is 15.4. The van der Waals surface area contributed by atoms with Gasteiger partial charge in [0.1, 0.15) is 0 Å². The Bertz CT molecular complexity index is 425. The maximum atomic E-state index is 4.70. The molecular weight excluding hydrogens is 276 g/mol. The van der Waals surface area contributed by atoms with Crippen molar-refractivity contribution in [2.75, 3.05) is 6.54 Å². The zero-order valence-corrected chi connectivity index (χ0v) is 15.2. The number of aryl methyl sites for hydroxylation is 1. The summed E-state index contributed by atoms with van der Waals surface area (Å²) in [6, 6.07) is 0.593. The summed E-state index contributed by atoms with van der Waals surface area (Å²) in [5.74, 6) is 3.36. The van der Waals surface area contributed by atoms with Crippen molar-refractivity contribution >= 4 is 11.3 Å². The van der Waals surface area contributed by atoms with Crippen molar-refractivity contribution in [1.29, 1.82) is 0 Å². The fraction of sp³-hybridized carbons (Fsp3) is 0.833. The molecule has 1 heterocycles. The van der Waals surface area contributed by atoms with Gasteiger partial charge < -0.3 is 5.32 Å². The fourth-order valence-electron chi connectivity index (χ4n) is 3.64. The van der Waals surface area contributed by atoms with E-state index in [-0.39, 0.29) is 0 Å². The van der Waals surface area contributed by atoms with Crippen LogP contribution in [0.4, 0.5) is 0 Å². The Morgan fingerprint density at radius 3 is 2.57 bits per heavy atom. The van der Waals surface area contributed by atoms with Crippen LogP contribution in [-0.4, -0.2) is 17.6 Å². The predicted molar refractivity (Wildman–Crippen MR) is 92.9 cm³/mol. The summed E-state index contributed by atoms with van der Waals surface area (Å²) in [7, 11) is 0. The van der Waals surface area contributed by atoms with Gasteiger partial charge in [-0.05, 0) is 62.8 Å². The first-order valence-corrected chi connectivity index (χ1v) is 9.48. The second-order valence-corrected chi connectivity index (χ2v) is 8.52. The number of hydrogen-bond donors (Lipinski definition) is 1. The van der Waals surface area contributed by atoms with Crippen LogP contribution in [0.25, 0.3) is 0 Å². The topological polar surface area (TPSA) is 24.9 Å². The minimum Gasteiger partial charge on any atom is -0.314 e. The van der Waals surface area contributed by atoms with E-state index >= 15 is 0 Å². The van der Waals surface area contributed by atoms with Crippen LogP contribution in [0.5, 0.6) is 0 Å². The minimum atomic E-state index is 0.593. The van der Waals surface area contributed by atoms with Gasteiger partial charge in [-0.15, -0.1) is 11.3 Å². The second-order valence-electron chi connectivity index (χ2n) is 7.46. The summed E-state index contributed by atoms with van der Waals surface area (Å²) in [4.78, 5) is 4.70. The van der Waals surface area contributed by atoms with E-state index in [1.807, 2.05) is 0 Å². The van der Waals surface area contributed by atoms with Crippen molar-refractivity contribution in [3.05, 3.63) is 16.1 Å². The zero-order valence-electron chi connectivity index (χ0n) is 14.4. The van der Waals surface area contributed by atoms with Gasteiger partial charge in [0.25, 0.3) is 0 Å². The molecule has 3 unspecified atom stereocenters. The van der Waals surface area contributed by atoms with Gasteiger partial charge in [0, 0.05) is 11.4 Å². The number of hydrogen-bond acceptors (Lipinski definition) is 3. The van der Waals surface area contributed by atoms with Gasteiger partial charge >= 0.3 is 0 Å². The Kier molecular flexibility index (Phi) is 6.24. The second kappa shape index (κ2) is 7.73. The highest BCUT2D eigenvalue weighted by Crippen LogP contribution is 2.39. The van der Waals surface area contributed by atoms with E-state index < -0.39 is 0 Å². The van der Waals surface area contributed by atoms with Gasteiger partial charge in [-0.25, -0.2) is 4.98 Å². The molecule has 120 valence electrons. The molecule has 1 saturated carbocycles. The molecule has 0 saturated heterocycles. The molecule has 0 amide bonds. The molecule has 1 fully saturated rings. The van der Waals surface area contributed by atoms with Gasteiger partial charge in [0.05, 0.1) is 10.7 Å². The molecule has 0 aromatic carbocycles. The molecule has 3 heteroatoms. The summed E-state index contributed by atoms with van der Waals surface area (Å²) in [6.45, 7) is 12.6. The molecule has 0 bridgehead atoms. The number of rotatable bonds is 6. The Hall–Kier alpha value is -0.410. The standard InChI is InChI=1S/C18H32N2S/c1-12(2)15-6-7-16(10-19-13(3)4)17(8-15)9-18-11-21-14(5)20-18/h11-13,15-17,19H,6-10H2,1-5H3. The van der Waals surface area contributed by atoms with E-state index in [2.05, 4.69) is 45.3 Å². The molecular formula is C18H32N2S. The molecule has 1 aromatic rings. The summed E-state index contributed by atoms with van der Waals surface area (Å²) in [5, 5.41) is 7.13. The highest BCUT2D eigenvalue weighted by atomic mass is 32.1. The first kappa shape index (κ1) is 17.0. The summed E-state index contributed by atoms with van der Waals surface area (Å²) in [6.07, 6.45) is 5.36. The highest BCUT2D eigenvalue weighted by Gasteiger charge is 2.32. The normalized spacial score (nSPS) is 26.7. The first-order valence-electron chi connectivity index (χ1n) is 8.60. The third-order valence-electron chi connectivity index (χ3n) is 5.05. The van der Waals surface area contributed by atoms with Crippen molar-refractivity contribution in [2.24, 2.45) is 23.7 Å². The van der Waals surface area contributed by atoms with Crippen LogP contribution in [0.3, 0.4) is 0 Å². The van der Waals surface area contributed by atoms with E-state index in [1.54, 1.807) is 11.3 Å². The molecule has 0 radical (unpaired) electrons. The quantitative estimate of drug-likeness (QED) is 0.825. The average molecular weight is 309 g/mol. The monoisotopic (exact) mass is 308 g/mol. The first-order chi connectivity index (χ1) is 9.95. The van der Waals surface area contributed by atoms with Gasteiger partial charge in [0.2, 0.25) is 0 Å². The van der Waals surface area contributed by atoms with Crippen LogP contribution in [0.15, 0.2) is 5.38 Å². The van der Waals surface area contributed by atoms with Crippen molar-refractivity contribution in [2.45, 2.75) is 66.3 Å². The maximum absolute atomic E-state index is 4.70. The van der Waals surface area contributed by atoms with E-state index in [0.717, 1.165) is 23.7 Å². The molecule has 1 aromatic heterocycles. The van der Waals surface area contributed by atoms with Crippen molar-refractivity contribution in [3.8, 4) is 0 Å². The largest absolute Gasteiger partial charge is 0.314 e. The Morgan fingerprint density at radius 1 is 1.24 bits per heavy atom. The lowest BCUT2D eigenvalue weighted by Crippen LogP contribution is -2.37. The molecule has 1 N–H and O–H groups in total. The Balaban J connectivity index is 2.00. The molecule has 2 rings (SSSR count). The van der Waals surface area contributed by atoms with Gasteiger partial charge in [-0.3, -0.25) is 0 Å². The van der Waals surface area contributed by atoms with Crippen LogP contribution in [0, 0.1) is 30.6 Å². The van der Waals surface area contributed by atoms with E-state index in [9.17, 15) is 0 Å². The van der Waals surface area contributed by atoms with Crippen LogP contribution in [-0.2, 0) is 6.42 Å². The van der Waals surface area contributed by atoms with Gasteiger partial charge in [0.15, 0.2) is 0 Å². The molecule has 3 atom stereocenters. The minimum absolute atomic E-state index is 0.593. The molecule has 0 spiro atoms. The van der Waals surface area contributed by atoms with Gasteiger partial charge in [-0.1, -0.05) is 27.7 Å². The lowest BCUT2D eigenvalue weighted by molar-refractivity contribution is 0.142. The predicted octanol–water partition coefficient (Wildman–Crippen LogP) is 4.68. The number of aromatic nitrogens is 1. The highest BCUT2D eigenvalue weighted by molar-refractivity contribution is 7.09. The van der Waals surface area contributed by atoms with Crippen molar-refractivity contribution in [3.63, 3.8) is 0 Å². The molecule has 1 aliphatic rings. The molecule has 1 aliphatic carbocycles. The van der Waals surface area contributed by atoms with Crippen LogP contribution in [0.1, 0.15) is 57.7 Å². The molecule has 21 heavy (non-hydrogen) atoms. The SMILES string of the molecule is Cc1nc(CC2CC(C(C)C)CCC2CNC(C)C)cs1. The maximum Gasteiger partial charge on any atom is 0.0897 e. The number of nitrogens with zero attached hydrogens (tertiary/aromatic N) is 1. The van der Waals surface area contributed by atoms with Crippen LogP contribution >= 0.6 is 11.3 Å². The number of nitrogens with one attached hydrogen (secondary N) is 1. The van der Waals surface area contributed by atoms with Crippen LogP contribution in [0.2, 0.25) is 0 Å². The molecule has 0 aliphatic heterocycles. The smallest absolute Gasteiger partial charge is 0.0897 e. The summed E-state index contributed by atoms with van der Waals surface area (Å²) in [5.41, 5.74) is 1.32.